The number of hydrogen-bond donors (Lipinski definition) is 3. The topological polar surface area (TPSA) is 105 Å². The first-order valence-electron chi connectivity index (χ1n) is 11.3. The van der Waals surface area contributed by atoms with E-state index < -0.39 is 42.9 Å². The van der Waals surface area contributed by atoms with Crippen molar-refractivity contribution in [3.63, 3.8) is 0 Å². The molecule has 4 rings (SSSR count). The number of aliphatic carboxylic acids is 1. The number of rotatable bonds is 9. The zero-order valence-corrected chi connectivity index (χ0v) is 18.4. The Labute approximate surface area is 195 Å². The minimum atomic E-state index is -2.88. The predicted molar refractivity (Wildman–Crippen MR) is 120 cm³/mol. The minimum absolute atomic E-state index is 0.0390. The van der Waals surface area contributed by atoms with Crippen LogP contribution in [0.2, 0.25) is 0 Å². The molecule has 180 valence electrons. The Morgan fingerprint density at radius 1 is 0.971 bits per heavy atom. The van der Waals surface area contributed by atoms with E-state index in [1.165, 1.54) is 0 Å². The van der Waals surface area contributed by atoms with Gasteiger partial charge in [0.1, 0.15) is 18.7 Å². The second-order valence-electron chi connectivity index (χ2n) is 8.66. The molecule has 1 saturated carbocycles. The van der Waals surface area contributed by atoms with Gasteiger partial charge in [-0.15, -0.1) is 0 Å². The van der Waals surface area contributed by atoms with E-state index in [9.17, 15) is 28.3 Å². The van der Waals surface area contributed by atoms with Crippen LogP contribution in [0.4, 0.5) is 13.6 Å². The largest absolute Gasteiger partial charge is 0.480 e. The van der Waals surface area contributed by atoms with Crippen LogP contribution in [0.25, 0.3) is 11.1 Å². The molecule has 34 heavy (non-hydrogen) atoms. The Morgan fingerprint density at radius 3 is 2.06 bits per heavy atom. The zero-order valence-electron chi connectivity index (χ0n) is 18.4. The number of nitrogens with one attached hydrogen (secondary N) is 2. The molecular weight excluding hydrogens is 446 g/mol. The van der Waals surface area contributed by atoms with Crippen molar-refractivity contribution in [1.82, 2.24) is 10.6 Å². The Morgan fingerprint density at radius 2 is 1.56 bits per heavy atom. The number of carbonyl (C=O) groups is 3. The number of carboxylic acids is 1. The minimum Gasteiger partial charge on any atom is -0.480 e. The Hall–Kier alpha value is -3.49. The van der Waals surface area contributed by atoms with Gasteiger partial charge in [0.05, 0.1) is 0 Å². The zero-order chi connectivity index (χ0) is 24.2. The van der Waals surface area contributed by atoms with Crippen LogP contribution in [0.1, 0.15) is 42.7 Å². The van der Waals surface area contributed by atoms with Crippen LogP contribution in [0, 0.1) is 5.92 Å². The van der Waals surface area contributed by atoms with E-state index in [1.807, 2.05) is 48.5 Å². The van der Waals surface area contributed by atoms with Crippen LogP contribution in [-0.4, -0.2) is 48.2 Å². The summed E-state index contributed by atoms with van der Waals surface area (Å²) in [6.07, 6.45) is -2.72. The monoisotopic (exact) mass is 472 g/mol. The molecule has 9 heteroatoms. The number of fused-ring (bicyclic) bond motifs is 3. The van der Waals surface area contributed by atoms with Crippen LogP contribution in [0.5, 0.6) is 0 Å². The van der Waals surface area contributed by atoms with E-state index in [0.29, 0.717) is 12.8 Å². The van der Waals surface area contributed by atoms with Crippen molar-refractivity contribution in [2.45, 2.75) is 50.1 Å². The summed E-state index contributed by atoms with van der Waals surface area (Å²) < 4.78 is 31.5. The third-order valence-electron chi connectivity index (χ3n) is 6.55. The fraction of sp³-hybridized carbons (Fsp3) is 0.400. The van der Waals surface area contributed by atoms with Gasteiger partial charge >= 0.3 is 12.1 Å². The number of benzene rings is 2. The Kier molecular flexibility index (Phi) is 7.09. The molecule has 2 amide bonds. The van der Waals surface area contributed by atoms with Crippen molar-refractivity contribution >= 4 is 18.0 Å². The van der Waals surface area contributed by atoms with Gasteiger partial charge in [-0.05, 0) is 41.0 Å². The fourth-order valence-electron chi connectivity index (χ4n) is 4.60. The number of alkyl carbamates (subject to hydrolysis) is 1. The Balaban J connectivity index is 1.40. The third kappa shape index (κ3) is 5.03. The maximum Gasteiger partial charge on any atom is 0.407 e. The van der Waals surface area contributed by atoms with Crippen molar-refractivity contribution in [2.24, 2.45) is 5.92 Å². The van der Waals surface area contributed by atoms with Gasteiger partial charge in [0.2, 0.25) is 12.3 Å². The molecule has 0 saturated heterocycles. The van der Waals surface area contributed by atoms with Crippen LogP contribution in [0.15, 0.2) is 48.5 Å². The van der Waals surface area contributed by atoms with E-state index in [-0.39, 0.29) is 18.4 Å². The summed E-state index contributed by atoms with van der Waals surface area (Å²) in [4.78, 5) is 36.6. The summed E-state index contributed by atoms with van der Waals surface area (Å²) in [7, 11) is 0. The molecular formula is C25H26F2N2O5. The highest BCUT2D eigenvalue weighted by Crippen LogP contribution is 2.44. The second-order valence-corrected chi connectivity index (χ2v) is 8.66. The first-order chi connectivity index (χ1) is 16.3. The lowest BCUT2D eigenvalue weighted by Crippen LogP contribution is -2.55. The van der Waals surface area contributed by atoms with Gasteiger partial charge in [0.25, 0.3) is 0 Å². The summed E-state index contributed by atoms with van der Waals surface area (Å²) in [5.74, 6) is -2.67. The average Bonchev–Trinajstić information content (AvgIpc) is 3.09. The quantitative estimate of drug-likeness (QED) is 0.513. The molecule has 0 aliphatic heterocycles. The number of carbonyl (C=O) groups excluding carboxylic acids is 2. The van der Waals surface area contributed by atoms with Crippen molar-refractivity contribution < 1.29 is 33.0 Å². The molecule has 2 atom stereocenters. The van der Waals surface area contributed by atoms with Gasteiger partial charge in [-0.1, -0.05) is 55.0 Å². The van der Waals surface area contributed by atoms with Crippen molar-refractivity contribution in [2.75, 3.05) is 6.61 Å². The number of carboxylic acid groups (broad SMARTS) is 1. The summed E-state index contributed by atoms with van der Waals surface area (Å²) in [6, 6.07) is 12.7. The number of amides is 2. The number of hydrogen-bond acceptors (Lipinski definition) is 4. The Bertz CT molecular complexity index is 1030. The highest BCUT2D eigenvalue weighted by Gasteiger charge is 2.36. The molecule has 2 aromatic carbocycles. The van der Waals surface area contributed by atoms with E-state index in [0.717, 1.165) is 28.7 Å². The van der Waals surface area contributed by atoms with Crippen LogP contribution in [0.3, 0.4) is 0 Å². The molecule has 2 aliphatic carbocycles. The van der Waals surface area contributed by atoms with Gasteiger partial charge in [0.15, 0.2) is 0 Å². The van der Waals surface area contributed by atoms with Gasteiger partial charge in [-0.3, -0.25) is 4.79 Å². The molecule has 2 aliphatic rings. The molecule has 3 N–H and O–H groups in total. The molecule has 7 nitrogen and oxygen atoms in total. The van der Waals surface area contributed by atoms with E-state index >= 15 is 0 Å². The standard InChI is InChI=1S/C25H26F2N2O5/c26-21(27)12-20(23(30)29-22(24(31)32)14-6-5-7-14)28-25(33)34-13-19-17-10-3-1-8-15(17)16-9-2-4-11-18(16)19/h1-4,8-11,14,19-22H,5-7,12-13H2,(H,28,33)(H,29,30)(H,31,32). The van der Waals surface area contributed by atoms with Gasteiger partial charge in [0, 0.05) is 12.3 Å². The van der Waals surface area contributed by atoms with Gasteiger partial charge < -0.3 is 20.5 Å². The molecule has 0 spiro atoms. The molecule has 0 heterocycles. The molecule has 0 aromatic heterocycles. The molecule has 2 unspecified atom stereocenters. The van der Waals surface area contributed by atoms with Crippen LogP contribution >= 0.6 is 0 Å². The maximum atomic E-state index is 13.1. The highest BCUT2D eigenvalue weighted by atomic mass is 19.3. The molecule has 0 bridgehead atoms. The first-order valence-corrected chi connectivity index (χ1v) is 11.3. The summed E-state index contributed by atoms with van der Waals surface area (Å²) >= 11 is 0. The number of alkyl halides is 2. The molecule has 1 fully saturated rings. The summed E-state index contributed by atoms with van der Waals surface area (Å²) in [5, 5.41) is 13.9. The number of halogens is 2. The van der Waals surface area contributed by atoms with E-state index in [1.54, 1.807) is 0 Å². The first kappa shape index (κ1) is 23.7. The highest BCUT2D eigenvalue weighted by molar-refractivity contribution is 5.89. The van der Waals surface area contributed by atoms with Crippen molar-refractivity contribution in [3.05, 3.63) is 59.7 Å². The molecule has 2 aromatic rings. The maximum absolute atomic E-state index is 13.1. The van der Waals surface area contributed by atoms with Crippen LogP contribution < -0.4 is 10.6 Å². The van der Waals surface area contributed by atoms with E-state index in [2.05, 4.69) is 10.6 Å². The third-order valence-corrected chi connectivity index (χ3v) is 6.55. The predicted octanol–water partition coefficient (Wildman–Crippen LogP) is 3.92. The van der Waals surface area contributed by atoms with Gasteiger partial charge in [-0.2, -0.15) is 0 Å². The SMILES string of the molecule is O=C(NC(CC(F)F)C(=O)NC(C(=O)O)C1CCC1)OCC1c2ccccc2-c2ccccc21. The van der Waals surface area contributed by atoms with Crippen molar-refractivity contribution in [1.29, 1.82) is 0 Å². The lowest BCUT2D eigenvalue weighted by molar-refractivity contribution is -0.144. The average molecular weight is 472 g/mol. The number of ether oxygens (including phenoxy) is 1. The summed E-state index contributed by atoms with van der Waals surface area (Å²) in [6.45, 7) is -0.0390. The normalized spacial score (nSPS) is 16.7. The smallest absolute Gasteiger partial charge is 0.407 e. The fourth-order valence-corrected chi connectivity index (χ4v) is 4.60. The molecule has 0 radical (unpaired) electrons. The van der Waals surface area contributed by atoms with Crippen LogP contribution in [-0.2, 0) is 14.3 Å². The lowest BCUT2D eigenvalue weighted by atomic mass is 9.79. The second kappa shape index (κ2) is 10.2. The van der Waals surface area contributed by atoms with Crippen molar-refractivity contribution in [3.8, 4) is 11.1 Å². The summed E-state index contributed by atoms with van der Waals surface area (Å²) in [5.41, 5.74) is 4.06. The lowest BCUT2D eigenvalue weighted by Gasteiger charge is -2.32. The van der Waals surface area contributed by atoms with E-state index in [4.69, 9.17) is 4.74 Å². The van der Waals surface area contributed by atoms with Gasteiger partial charge in [-0.25, -0.2) is 18.4 Å².